The number of para-hydroxylation sites is 1. The van der Waals surface area contributed by atoms with Gasteiger partial charge in [0.25, 0.3) is 0 Å². The summed E-state index contributed by atoms with van der Waals surface area (Å²) in [5.74, 6) is 1.38. The Kier molecular flexibility index (Phi) is 3.53. The Bertz CT molecular complexity index is 549. The van der Waals surface area contributed by atoms with Gasteiger partial charge in [-0.25, -0.2) is 0 Å². The second kappa shape index (κ2) is 5.10. The third-order valence-electron chi connectivity index (χ3n) is 2.82. The van der Waals surface area contributed by atoms with E-state index in [0.717, 1.165) is 22.6 Å². The Morgan fingerprint density at radius 1 is 1.28 bits per heavy atom. The summed E-state index contributed by atoms with van der Waals surface area (Å²) < 4.78 is 12.2. The van der Waals surface area contributed by atoms with Crippen LogP contribution in [0.2, 0.25) is 0 Å². The number of benzene rings is 1. The van der Waals surface area contributed by atoms with Gasteiger partial charge in [-0.05, 0) is 6.07 Å². The first-order chi connectivity index (χ1) is 8.69. The van der Waals surface area contributed by atoms with Crippen LogP contribution in [0.15, 0.2) is 24.3 Å². The third-order valence-corrected chi connectivity index (χ3v) is 2.82. The molecule has 0 aliphatic carbocycles. The van der Waals surface area contributed by atoms with Crippen molar-refractivity contribution < 1.29 is 9.47 Å². The van der Waals surface area contributed by atoms with E-state index in [9.17, 15) is 0 Å². The first kappa shape index (κ1) is 12.4. The highest BCUT2D eigenvalue weighted by atomic mass is 16.5. The van der Waals surface area contributed by atoms with Crippen molar-refractivity contribution in [1.82, 2.24) is 9.78 Å². The predicted molar refractivity (Wildman–Crippen MR) is 70.3 cm³/mol. The molecule has 0 saturated carbocycles. The molecule has 0 fully saturated rings. The molecule has 1 aromatic carbocycles. The fourth-order valence-corrected chi connectivity index (χ4v) is 1.98. The summed E-state index contributed by atoms with van der Waals surface area (Å²) in [6.07, 6.45) is 0. The van der Waals surface area contributed by atoms with Crippen LogP contribution in [0, 0.1) is 0 Å². The molecule has 5 nitrogen and oxygen atoms in total. The van der Waals surface area contributed by atoms with Crippen LogP contribution < -0.4 is 10.5 Å². The molecule has 0 atom stereocenters. The van der Waals surface area contributed by atoms with E-state index < -0.39 is 0 Å². The van der Waals surface area contributed by atoms with Crippen LogP contribution >= 0.6 is 0 Å². The number of hydrogen-bond donors (Lipinski definition) is 1. The van der Waals surface area contributed by atoms with Crippen molar-refractivity contribution in [2.24, 2.45) is 7.05 Å². The average Bonchev–Trinajstić information content (AvgIpc) is 2.65. The fraction of sp³-hybridized carbons (Fsp3) is 0.308. The molecular weight excluding hydrogens is 230 g/mol. The summed E-state index contributed by atoms with van der Waals surface area (Å²) in [5, 5.41) is 4.36. The van der Waals surface area contributed by atoms with Crippen molar-refractivity contribution in [3.63, 3.8) is 0 Å². The van der Waals surface area contributed by atoms with Crippen LogP contribution in [0.1, 0.15) is 5.69 Å². The molecule has 0 saturated heterocycles. The Hall–Kier alpha value is -2.01. The number of nitrogen functional groups attached to an aromatic ring is 1. The van der Waals surface area contributed by atoms with Crippen LogP contribution in [0.4, 0.5) is 5.82 Å². The lowest BCUT2D eigenvalue weighted by Gasteiger charge is -2.09. The van der Waals surface area contributed by atoms with Gasteiger partial charge in [0.15, 0.2) is 0 Å². The van der Waals surface area contributed by atoms with Gasteiger partial charge >= 0.3 is 0 Å². The van der Waals surface area contributed by atoms with Gasteiger partial charge in [-0.2, -0.15) is 5.10 Å². The van der Waals surface area contributed by atoms with Crippen LogP contribution in [0.5, 0.6) is 5.75 Å². The molecule has 0 aliphatic heterocycles. The molecule has 1 heterocycles. The topological polar surface area (TPSA) is 62.3 Å². The fourth-order valence-electron chi connectivity index (χ4n) is 1.98. The lowest BCUT2D eigenvalue weighted by molar-refractivity contribution is 0.181. The van der Waals surface area contributed by atoms with E-state index in [0.29, 0.717) is 12.4 Å². The smallest absolute Gasteiger partial charge is 0.129 e. The molecule has 0 bridgehead atoms. The standard InChI is InChI=1S/C13H17N3O2/c1-16-13(14)12(10(15-16)8-17-2)9-6-4-5-7-11(9)18-3/h4-7H,8,14H2,1-3H3. The summed E-state index contributed by atoms with van der Waals surface area (Å²) in [7, 11) is 5.09. The molecule has 5 heteroatoms. The Morgan fingerprint density at radius 2 is 2.00 bits per heavy atom. The van der Waals surface area contributed by atoms with Gasteiger partial charge in [-0.15, -0.1) is 0 Å². The van der Waals surface area contributed by atoms with Crippen LogP contribution in [-0.4, -0.2) is 24.0 Å². The number of nitrogens with zero attached hydrogens (tertiary/aromatic N) is 2. The Labute approximate surface area is 106 Å². The Morgan fingerprint density at radius 3 is 2.67 bits per heavy atom. The number of aromatic nitrogens is 2. The zero-order chi connectivity index (χ0) is 13.1. The minimum Gasteiger partial charge on any atom is -0.496 e. The Balaban J connectivity index is 2.62. The molecule has 0 aliphatic rings. The quantitative estimate of drug-likeness (QED) is 0.895. The highest BCUT2D eigenvalue weighted by Crippen LogP contribution is 2.36. The maximum atomic E-state index is 6.08. The van der Waals surface area contributed by atoms with E-state index in [1.165, 1.54) is 0 Å². The summed E-state index contributed by atoms with van der Waals surface area (Å²) in [4.78, 5) is 0. The molecule has 2 rings (SSSR count). The van der Waals surface area contributed by atoms with Gasteiger partial charge in [-0.3, -0.25) is 4.68 Å². The first-order valence-electron chi connectivity index (χ1n) is 5.62. The largest absolute Gasteiger partial charge is 0.496 e. The van der Waals surface area contributed by atoms with Crippen molar-refractivity contribution in [3.05, 3.63) is 30.0 Å². The number of ether oxygens (including phenoxy) is 2. The normalized spacial score (nSPS) is 10.6. The summed E-state index contributed by atoms with van der Waals surface area (Å²) in [5.41, 5.74) is 8.69. The third kappa shape index (κ3) is 2.04. The van der Waals surface area contributed by atoms with Gasteiger partial charge < -0.3 is 15.2 Å². The van der Waals surface area contributed by atoms with Gasteiger partial charge in [0.2, 0.25) is 0 Å². The SMILES string of the molecule is COCc1nn(C)c(N)c1-c1ccccc1OC. The van der Waals surface area contributed by atoms with Crippen LogP contribution in [0.25, 0.3) is 11.1 Å². The van der Waals surface area contributed by atoms with E-state index in [-0.39, 0.29) is 0 Å². The van der Waals surface area contributed by atoms with Crippen molar-refractivity contribution in [3.8, 4) is 16.9 Å². The zero-order valence-electron chi connectivity index (χ0n) is 10.8. The highest BCUT2D eigenvalue weighted by molar-refractivity contribution is 5.80. The second-order valence-corrected chi connectivity index (χ2v) is 3.96. The van der Waals surface area contributed by atoms with Gasteiger partial charge in [0, 0.05) is 19.7 Å². The van der Waals surface area contributed by atoms with Gasteiger partial charge in [0.1, 0.15) is 11.6 Å². The second-order valence-electron chi connectivity index (χ2n) is 3.96. The molecule has 0 amide bonds. The molecule has 96 valence electrons. The molecular formula is C13H17N3O2. The molecule has 0 radical (unpaired) electrons. The average molecular weight is 247 g/mol. The molecule has 18 heavy (non-hydrogen) atoms. The number of rotatable bonds is 4. The molecule has 1 aromatic heterocycles. The van der Waals surface area contributed by atoms with Gasteiger partial charge in [0.05, 0.1) is 25.0 Å². The monoisotopic (exact) mass is 247 g/mol. The molecule has 2 N–H and O–H groups in total. The molecule has 2 aromatic rings. The van der Waals surface area contributed by atoms with Crippen molar-refractivity contribution in [2.75, 3.05) is 20.0 Å². The van der Waals surface area contributed by atoms with Crippen molar-refractivity contribution in [2.45, 2.75) is 6.61 Å². The maximum absolute atomic E-state index is 6.08. The van der Waals surface area contributed by atoms with Crippen LogP contribution in [0.3, 0.4) is 0 Å². The predicted octanol–water partition coefficient (Wildman–Crippen LogP) is 1.82. The van der Waals surface area contributed by atoms with Gasteiger partial charge in [-0.1, -0.05) is 18.2 Å². The first-order valence-corrected chi connectivity index (χ1v) is 5.62. The minimum absolute atomic E-state index is 0.415. The summed E-state index contributed by atoms with van der Waals surface area (Å²) in [6, 6.07) is 7.73. The van der Waals surface area contributed by atoms with Crippen LogP contribution in [-0.2, 0) is 18.4 Å². The number of methoxy groups -OCH3 is 2. The van der Waals surface area contributed by atoms with E-state index in [4.69, 9.17) is 15.2 Å². The van der Waals surface area contributed by atoms with Crippen molar-refractivity contribution >= 4 is 5.82 Å². The maximum Gasteiger partial charge on any atom is 0.129 e. The number of hydrogen-bond acceptors (Lipinski definition) is 4. The molecule has 0 unspecified atom stereocenters. The highest BCUT2D eigenvalue weighted by Gasteiger charge is 2.18. The van der Waals surface area contributed by atoms with E-state index in [2.05, 4.69) is 5.10 Å². The lowest BCUT2D eigenvalue weighted by atomic mass is 10.0. The van der Waals surface area contributed by atoms with E-state index in [1.807, 2.05) is 31.3 Å². The van der Waals surface area contributed by atoms with Crippen molar-refractivity contribution in [1.29, 1.82) is 0 Å². The van der Waals surface area contributed by atoms with E-state index >= 15 is 0 Å². The summed E-state index contributed by atoms with van der Waals surface area (Å²) in [6.45, 7) is 0.415. The summed E-state index contributed by atoms with van der Waals surface area (Å²) >= 11 is 0. The number of anilines is 1. The lowest BCUT2D eigenvalue weighted by Crippen LogP contribution is -1.98. The number of nitrogens with two attached hydrogens (primary N) is 1. The number of aryl methyl sites for hydroxylation is 1. The zero-order valence-corrected chi connectivity index (χ0v) is 10.8. The minimum atomic E-state index is 0.415. The van der Waals surface area contributed by atoms with E-state index in [1.54, 1.807) is 18.9 Å². The molecule has 0 spiro atoms.